The third kappa shape index (κ3) is 3.60. The number of phenolic OH excluding ortho intramolecular Hbond substituents is 1. The number of nitrogens with zero attached hydrogens (tertiary/aromatic N) is 1. The molecule has 0 saturated carbocycles. The van der Waals surface area contributed by atoms with Gasteiger partial charge in [0.05, 0.1) is 18.8 Å². The zero-order chi connectivity index (χ0) is 20.6. The number of piperidine rings is 1. The van der Waals surface area contributed by atoms with E-state index in [1.165, 1.54) is 11.1 Å². The molecule has 1 fully saturated rings. The summed E-state index contributed by atoms with van der Waals surface area (Å²) in [7, 11) is 2.18. The molecule has 2 bridgehead atoms. The standard InChI is InChI=1S/C24H29NO4/c1-4-28-23(27)17-6-5-7-19(12-17)29-15-21-22-13-16-8-9-18(26)14-20(16)24(21,2)10-11-25(22)3/h5-9,12,14,21-22,26H,4,10-11,13,15H2,1-3H3. The number of aromatic hydroxyl groups is 1. The first-order chi connectivity index (χ1) is 13.9. The smallest absolute Gasteiger partial charge is 0.338 e. The number of ether oxygens (including phenoxy) is 2. The lowest BCUT2D eigenvalue weighted by atomic mass is 9.58. The van der Waals surface area contributed by atoms with Gasteiger partial charge in [0.15, 0.2) is 0 Å². The molecule has 1 N–H and O–H groups in total. The van der Waals surface area contributed by atoms with Gasteiger partial charge in [0, 0.05) is 17.4 Å². The van der Waals surface area contributed by atoms with E-state index in [1.54, 1.807) is 25.1 Å². The Morgan fingerprint density at radius 3 is 2.90 bits per heavy atom. The summed E-state index contributed by atoms with van der Waals surface area (Å²) < 4.78 is 11.3. The minimum Gasteiger partial charge on any atom is -0.508 e. The molecule has 0 aromatic heterocycles. The summed E-state index contributed by atoms with van der Waals surface area (Å²) in [6.45, 7) is 6.04. The third-order valence-corrected chi connectivity index (χ3v) is 6.75. The molecule has 1 aliphatic carbocycles. The van der Waals surface area contributed by atoms with Crippen molar-refractivity contribution in [3.63, 3.8) is 0 Å². The molecule has 5 heteroatoms. The maximum atomic E-state index is 12.0. The number of esters is 1. The Labute approximate surface area is 172 Å². The summed E-state index contributed by atoms with van der Waals surface area (Å²) in [5.74, 6) is 0.969. The molecule has 1 saturated heterocycles. The molecule has 3 atom stereocenters. The molecule has 0 amide bonds. The highest BCUT2D eigenvalue weighted by Gasteiger charge is 2.50. The fourth-order valence-electron chi connectivity index (χ4n) is 5.03. The summed E-state index contributed by atoms with van der Waals surface area (Å²) in [6.07, 6.45) is 1.98. The van der Waals surface area contributed by atoms with Crippen LogP contribution in [0.1, 0.15) is 41.8 Å². The van der Waals surface area contributed by atoms with Crippen molar-refractivity contribution in [1.29, 1.82) is 0 Å². The average Bonchev–Trinajstić information content (AvgIpc) is 2.71. The van der Waals surface area contributed by atoms with Crippen molar-refractivity contribution in [3.8, 4) is 11.5 Å². The molecule has 4 rings (SSSR count). The van der Waals surface area contributed by atoms with Crippen molar-refractivity contribution in [1.82, 2.24) is 4.90 Å². The van der Waals surface area contributed by atoms with E-state index in [9.17, 15) is 9.90 Å². The zero-order valence-corrected chi connectivity index (χ0v) is 17.4. The summed E-state index contributed by atoms with van der Waals surface area (Å²) in [5, 5.41) is 10.1. The average molecular weight is 395 g/mol. The Bertz CT molecular complexity index is 912. The van der Waals surface area contributed by atoms with Gasteiger partial charge in [-0.15, -0.1) is 0 Å². The first-order valence-corrected chi connectivity index (χ1v) is 10.3. The molecule has 0 radical (unpaired) electrons. The van der Waals surface area contributed by atoms with Crippen LogP contribution in [0.3, 0.4) is 0 Å². The lowest BCUT2D eigenvalue weighted by Gasteiger charge is -2.54. The van der Waals surface area contributed by atoms with E-state index in [0.29, 0.717) is 42.2 Å². The molecule has 2 aromatic rings. The molecule has 3 unspecified atom stereocenters. The summed E-state index contributed by atoms with van der Waals surface area (Å²) in [4.78, 5) is 14.4. The van der Waals surface area contributed by atoms with Gasteiger partial charge < -0.3 is 19.5 Å². The van der Waals surface area contributed by atoms with Gasteiger partial charge in [0.25, 0.3) is 0 Å². The lowest BCUT2D eigenvalue weighted by molar-refractivity contribution is 0.0118. The van der Waals surface area contributed by atoms with Crippen LogP contribution >= 0.6 is 0 Å². The molecule has 0 spiro atoms. The van der Waals surface area contributed by atoms with Crippen LogP contribution in [0.5, 0.6) is 11.5 Å². The van der Waals surface area contributed by atoms with Crippen LogP contribution in [0.25, 0.3) is 0 Å². The van der Waals surface area contributed by atoms with Crippen LogP contribution in [-0.2, 0) is 16.6 Å². The van der Waals surface area contributed by atoms with Crippen LogP contribution < -0.4 is 4.74 Å². The van der Waals surface area contributed by atoms with Crippen molar-refractivity contribution < 1.29 is 19.4 Å². The lowest BCUT2D eigenvalue weighted by Crippen LogP contribution is -2.59. The number of hydrogen-bond donors (Lipinski definition) is 1. The fraction of sp³-hybridized carbons (Fsp3) is 0.458. The minimum atomic E-state index is -0.330. The Morgan fingerprint density at radius 2 is 2.10 bits per heavy atom. The number of rotatable bonds is 5. The number of likely N-dealkylation sites (N-methyl/N-ethyl adjacent to an activating group) is 1. The van der Waals surface area contributed by atoms with Crippen LogP contribution in [0, 0.1) is 5.92 Å². The number of fused-ring (bicyclic) bond motifs is 4. The first kappa shape index (κ1) is 19.8. The Morgan fingerprint density at radius 1 is 1.28 bits per heavy atom. The fourth-order valence-corrected chi connectivity index (χ4v) is 5.03. The van der Waals surface area contributed by atoms with Crippen molar-refractivity contribution in [2.45, 2.75) is 38.1 Å². The number of phenols is 1. The maximum absolute atomic E-state index is 12.0. The van der Waals surface area contributed by atoms with Gasteiger partial charge >= 0.3 is 5.97 Å². The molecule has 1 heterocycles. The normalized spacial score (nSPS) is 25.9. The monoisotopic (exact) mass is 395 g/mol. The summed E-state index contributed by atoms with van der Waals surface area (Å²) in [6, 6.07) is 13.4. The van der Waals surface area contributed by atoms with E-state index in [-0.39, 0.29) is 11.4 Å². The van der Waals surface area contributed by atoms with E-state index in [4.69, 9.17) is 9.47 Å². The summed E-state index contributed by atoms with van der Waals surface area (Å²) in [5.41, 5.74) is 3.02. The van der Waals surface area contributed by atoms with Crippen molar-refractivity contribution >= 4 is 5.97 Å². The Kier molecular flexibility index (Phi) is 5.26. The van der Waals surface area contributed by atoms with Crippen LogP contribution in [0.4, 0.5) is 0 Å². The molecule has 29 heavy (non-hydrogen) atoms. The Balaban J connectivity index is 1.58. The van der Waals surface area contributed by atoms with Gasteiger partial charge in [-0.1, -0.05) is 19.1 Å². The van der Waals surface area contributed by atoms with E-state index in [0.717, 1.165) is 19.4 Å². The van der Waals surface area contributed by atoms with Gasteiger partial charge in [-0.05, 0) is 74.8 Å². The van der Waals surface area contributed by atoms with E-state index in [1.807, 2.05) is 18.2 Å². The Hall–Kier alpha value is -2.53. The second kappa shape index (κ2) is 7.71. The van der Waals surface area contributed by atoms with Crippen molar-refractivity contribution in [2.75, 3.05) is 26.8 Å². The van der Waals surface area contributed by atoms with Gasteiger partial charge in [0.2, 0.25) is 0 Å². The quantitative estimate of drug-likeness (QED) is 0.781. The molecule has 2 aromatic carbocycles. The predicted octanol–water partition coefficient (Wildman–Crippen LogP) is 3.78. The third-order valence-electron chi connectivity index (χ3n) is 6.75. The highest BCUT2D eigenvalue weighted by Crippen LogP contribution is 2.49. The first-order valence-electron chi connectivity index (χ1n) is 10.3. The number of hydrogen-bond acceptors (Lipinski definition) is 5. The topological polar surface area (TPSA) is 59.0 Å². The highest BCUT2D eigenvalue weighted by molar-refractivity contribution is 5.89. The molecule has 2 aliphatic rings. The maximum Gasteiger partial charge on any atom is 0.338 e. The van der Waals surface area contributed by atoms with Gasteiger partial charge in [-0.25, -0.2) is 4.79 Å². The van der Waals surface area contributed by atoms with E-state index in [2.05, 4.69) is 24.9 Å². The van der Waals surface area contributed by atoms with E-state index < -0.39 is 0 Å². The second-order valence-electron chi connectivity index (χ2n) is 8.43. The highest BCUT2D eigenvalue weighted by atomic mass is 16.5. The molecule has 1 aliphatic heterocycles. The largest absolute Gasteiger partial charge is 0.508 e. The molecular formula is C24H29NO4. The van der Waals surface area contributed by atoms with Crippen molar-refractivity contribution in [2.24, 2.45) is 5.92 Å². The van der Waals surface area contributed by atoms with E-state index >= 15 is 0 Å². The van der Waals surface area contributed by atoms with Gasteiger partial charge in [-0.3, -0.25) is 0 Å². The number of carbonyl (C=O) groups is 1. The van der Waals surface area contributed by atoms with Gasteiger partial charge in [-0.2, -0.15) is 0 Å². The van der Waals surface area contributed by atoms with Crippen molar-refractivity contribution in [3.05, 3.63) is 59.2 Å². The van der Waals surface area contributed by atoms with Crippen LogP contribution in [0.2, 0.25) is 0 Å². The second-order valence-corrected chi connectivity index (χ2v) is 8.43. The minimum absolute atomic E-state index is 0.0533. The van der Waals surface area contributed by atoms with Crippen LogP contribution in [-0.4, -0.2) is 48.8 Å². The molecule has 154 valence electrons. The predicted molar refractivity (Wildman–Crippen MR) is 112 cm³/mol. The number of carbonyl (C=O) groups excluding carboxylic acids is 1. The zero-order valence-electron chi connectivity index (χ0n) is 17.4. The molecular weight excluding hydrogens is 366 g/mol. The number of benzene rings is 2. The summed E-state index contributed by atoms with van der Waals surface area (Å²) >= 11 is 0. The SMILES string of the molecule is CCOC(=O)c1cccc(OCC2C3Cc4ccc(O)cc4C2(C)CCN3C)c1. The molecule has 5 nitrogen and oxygen atoms in total. The van der Waals surface area contributed by atoms with Gasteiger partial charge in [0.1, 0.15) is 11.5 Å². The van der Waals surface area contributed by atoms with Crippen LogP contribution in [0.15, 0.2) is 42.5 Å². The number of likely N-dealkylation sites (tertiary alicyclic amines) is 1.